The second kappa shape index (κ2) is 6.26. The van der Waals surface area contributed by atoms with E-state index in [0.29, 0.717) is 29.7 Å². The number of hydrogen-bond donors (Lipinski definition) is 1. The molecular weight excluding hydrogens is 266 g/mol. The number of carbonyl (C=O) groups excluding carboxylic acids is 1. The molecule has 19 heavy (non-hydrogen) atoms. The van der Waals surface area contributed by atoms with Crippen LogP contribution in [0.25, 0.3) is 0 Å². The Morgan fingerprint density at radius 1 is 1.58 bits per heavy atom. The van der Waals surface area contributed by atoms with Crippen molar-refractivity contribution in [2.75, 3.05) is 26.8 Å². The minimum absolute atomic E-state index is 0.0539. The zero-order valence-electron chi connectivity index (χ0n) is 10.9. The fourth-order valence-corrected chi connectivity index (χ4v) is 2.67. The first-order valence-corrected chi connectivity index (χ1v) is 6.76. The lowest BCUT2D eigenvalue weighted by Gasteiger charge is -2.32. The van der Waals surface area contributed by atoms with Crippen molar-refractivity contribution < 1.29 is 14.6 Å². The van der Waals surface area contributed by atoms with Crippen molar-refractivity contribution in [2.24, 2.45) is 5.92 Å². The van der Waals surface area contributed by atoms with E-state index >= 15 is 0 Å². The molecule has 104 valence electrons. The Balaban J connectivity index is 2.12. The predicted molar refractivity (Wildman–Crippen MR) is 73.6 cm³/mol. The molecule has 1 N–H and O–H groups in total. The van der Waals surface area contributed by atoms with Crippen molar-refractivity contribution in [3.8, 4) is 5.75 Å². The highest BCUT2D eigenvalue weighted by Crippen LogP contribution is 2.25. The molecule has 1 fully saturated rings. The maximum absolute atomic E-state index is 12.4. The van der Waals surface area contributed by atoms with E-state index in [1.165, 1.54) is 12.1 Å². The lowest BCUT2D eigenvalue weighted by atomic mass is 9.98. The number of phenols is 1. The second-order valence-corrected chi connectivity index (χ2v) is 5.29. The molecule has 0 aromatic heterocycles. The lowest BCUT2D eigenvalue weighted by molar-refractivity contribution is 0.0570. The van der Waals surface area contributed by atoms with E-state index in [1.807, 2.05) is 0 Å². The molecule has 1 heterocycles. The topological polar surface area (TPSA) is 49.8 Å². The Hall–Kier alpha value is -1.26. The zero-order valence-corrected chi connectivity index (χ0v) is 11.7. The van der Waals surface area contributed by atoms with Crippen LogP contribution in [0.3, 0.4) is 0 Å². The predicted octanol–water partition coefficient (Wildman–Crippen LogP) is 2.54. The molecule has 1 aromatic rings. The molecule has 0 bridgehead atoms. The van der Waals surface area contributed by atoms with Crippen LogP contribution in [0.1, 0.15) is 23.2 Å². The quantitative estimate of drug-likeness (QED) is 0.927. The number of piperidine rings is 1. The summed E-state index contributed by atoms with van der Waals surface area (Å²) in [5.74, 6) is 0.304. The largest absolute Gasteiger partial charge is 0.508 e. The van der Waals surface area contributed by atoms with Crippen molar-refractivity contribution >= 4 is 17.5 Å². The van der Waals surface area contributed by atoms with Crippen LogP contribution in [0.2, 0.25) is 5.02 Å². The molecule has 2 rings (SSSR count). The van der Waals surface area contributed by atoms with Gasteiger partial charge in [-0.05, 0) is 37.0 Å². The molecule has 0 aliphatic carbocycles. The molecule has 4 nitrogen and oxygen atoms in total. The first-order chi connectivity index (χ1) is 9.11. The van der Waals surface area contributed by atoms with Gasteiger partial charge in [0, 0.05) is 20.2 Å². The van der Waals surface area contributed by atoms with Crippen LogP contribution in [0.5, 0.6) is 5.75 Å². The van der Waals surface area contributed by atoms with Crippen LogP contribution in [0.4, 0.5) is 0 Å². The molecule has 1 aromatic carbocycles. The molecule has 1 aliphatic rings. The second-order valence-electron chi connectivity index (χ2n) is 4.88. The summed E-state index contributed by atoms with van der Waals surface area (Å²) in [5, 5.41) is 9.84. The fraction of sp³-hybridized carbons (Fsp3) is 0.500. The number of nitrogens with zero attached hydrogens (tertiary/aromatic N) is 1. The van der Waals surface area contributed by atoms with Gasteiger partial charge >= 0.3 is 0 Å². The molecule has 1 unspecified atom stereocenters. The van der Waals surface area contributed by atoms with Crippen molar-refractivity contribution in [1.29, 1.82) is 0 Å². The molecule has 0 radical (unpaired) electrons. The van der Waals surface area contributed by atoms with Gasteiger partial charge in [-0.2, -0.15) is 0 Å². The van der Waals surface area contributed by atoms with Gasteiger partial charge in [0.15, 0.2) is 0 Å². The van der Waals surface area contributed by atoms with Gasteiger partial charge < -0.3 is 14.7 Å². The summed E-state index contributed by atoms with van der Waals surface area (Å²) in [4.78, 5) is 14.2. The number of aromatic hydroxyl groups is 1. The molecule has 0 spiro atoms. The van der Waals surface area contributed by atoms with Gasteiger partial charge in [-0.3, -0.25) is 4.79 Å². The normalized spacial score (nSPS) is 19.5. The van der Waals surface area contributed by atoms with Crippen molar-refractivity contribution in [3.63, 3.8) is 0 Å². The molecule has 1 saturated heterocycles. The molecular formula is C14H18ClNO3. The number of methoxy groups -OCH3 is 1. The van der Waals surface area contributed by atoms with Gasteiger partial charge in [0.1, 0.15) is 5.75 Å². The summed E-state index contributed by atoms with van der Waals surface area (Å²) >= 11 is 6.02. The Kier molecular flexibility index (Phi) is 4.66. The Morgan fingerprint density at radius 2 is 2.37 bits per heavy atom. The Morgan fingerprint density at radius 3 is 3.11 bits per heavy atom. The average molecular weight is 284 g/mol. The third kappa shape index (κ3) is 3.39. The molecule has 1 aliphatic heterocycles. The summed E-state index contributed by atoms with van der Waals surface area (Å²) in [5.41, 5.74) is 0.361. The number of benzene rings is 1. The van der Waals surface area contributed by atoms with E-state index in [4.69, 9.17) is 16.3 Å². The highest BCUT2D eigenvalue weighted by atomic mass is 35.5. The highest BCUT2D eigenvalue weighted by Gasteiger charge is 2.25. The summed E-state index contributed by atoms with van der Waals surface area (Å²) in [6.45, 7) is 2.07. The number of likely N-dealkylation sites (tertiary alicyclic amines) is 1. The van der Waals surface area contributed by atoms with Crippen LogP contribution in [0, 0.1) is 5.92 Å². The van der Waals surface area contributed by atoms with E-state index < -0.39 is 0 Å². The van der Waals surface area contributed by atoms with Crippen molar-refractivity contribution in [3.05, 3.63) is 28.8 Å². The number of rotatable bonds is 3. The van der Waals surface area contributed by atoms with E-state index in [9.17, 15) is 9.90 Å². The van der Waals surface area contributed by atoms with Gasteiger partial charge in [-0.25, -0.2) is 0 Å². The van der Waals surface area contributed by atoms with E-state index in [0.717, 1.165) is 19.4 Å². The third-order valence-electron chi connectivity index (χ3n) is 3.39. The van der Waals surface area contributed by atoms with E-state index in [2.05, 4.69) is 0 Å². The first kappa shape index (κ1) is 14.2. The Labute approximate surface area is 117 Å². The zero-order chi connectivity index (χ0) is 13.8. The standard InChI is InChI=1S/C14H18ClNO3/c1-19-9-10-3-2-6-16(8-10)14(18)12-7-11(17)4-5-13(12)15/h4-5,7,10,17H,2-3,6,8-9H2,1H3. The summed E-state index contributed by atoms with van der Waals surface area (Å²) in [7, 11) is 1.67. The van der Waals surface area contributed by atoms with Crippen LogP contribution in [0.15, 0.2) is 18.2 Å². The minimum Gasteiger partial charge on any atom is -0.508 e. The number of hydrogen-bond acceptors (Lipinski definition) is 3. The monoisotopic (exact) mass is 283 g/mol. The van der Waals surface area contributed by atoms with Gasteiger partial charge in [0.25, 0.3) is 5.91 Å². The van der Waals surface area contributed by atoms with Gasteiger partial charge in [-0.15, -0.1) is 0 Å². The molecule has 0 saturated carbocycles. The van der Waals surface area contributed by atoms with Crippen LogP contribution >= 0.6 is 11.6 Å². The molecule has 1 amide bonds. The number of halogens is 1. The van der Waals surface area contributed by atoms with Gasteiger partial charge in [-0.1, -0.05) is 11.6 Å². The fourth-order valence-electron chi connectivity index (χ4n) is 2.47. The molecule has 1 atom stereocenters. The number of ether oxygens (including phenoxy) is 1. The Bertz CT molecular complexity index is 462. The van der Waals surface area contributed by atoms with Crippen molar-refractivity contribution in [2.45, 2.75) is 12.8 Å². The van der Waals surface area contributed by atoms with E-state index in [1.54, 1.807) is 18.1 Å². The smallest absolute Gasteiger partial charge is 0.255 e. The van der Waals surface area contributed by atoms with E-state index in [-0.39, 0.29) is 11.7 Å². The maximum Gasteiger partial charge on any atom is 0.255 e. The molecule has 5 heteroatoms. The maximum atomic E-state index is 12.4. The van der Waals surface area contributed by atoms with Crippen LogP contribution in [-0.2, 0) is 4.74 Å². The van der Waals surface area contributed by atoms with Crippen LogP contribution in [-0.4, -0.2) is 42.7 Å². The van der Waals surface area contributed by atoms with Gasteiger partial charge in [0.2, 0.25) is 0 Å². The number of phenolic OH excluding ortho intramolecular Hbond substituents is 1. The first-order valence-electron chi connectivity index (χ1n) is 6.38. The summed E-state index contributed by atoms with van der Waals surface area (Å²) in [6, 6.07) is 4.44. The number of amides is 1. The van der Waals surface area contributed by atoms with Gasteiger partial charge in [0.05, 0.1) is 17.2 Å². The van der Waals surface area contributed by atoms with Crippen molar-refractivity contribution in [1.82, 2.24) is 4.90 Å². The summed E-state index contributed by atoms with van der Waals surface area (Å²) < 4.78 is 5.15. The summed E-state index contributed by atoms with van der Waals surface area (Å²) in [6.07, 6.45) is 2.04. The van der Waals surface area contributed by atoms with Crippen LogP contribution < -0.4 is 0 Å². The highest BCUT2D eigenvalue weighted by molar-refractivity contribution is 6.33. The third-order valence-corrected chi connectivity index (χ3v) is 3.72. The minimum atomic E-state index is -0.123. The lowest BCUT2D eigenvalue weighted by Crippen LogP contribution is -2.41. The average Bonchev–Trinajstić information content (AvgIpc) is 2.41. The SMILES string of the molecule is COCC1CCCN(C(=O)c2cc(O)ccc2Cl)C1. The number of carbonyl (C=O) groups is 1.